The van der Waals surface area contributed by atoms with Crippen LogP contribution in [0.2, 0.25) is 0 Å². The largest absolute Gasteiger partial charge is 0.497 e. The van der Waals surface area contributed by atoms with Crippen LogP contribution in [0.4, 0.5) is 5.69 Å². The molecule has 0 spiro atoms. The fourth-order valence-electron chi connectivity index (χ4n) is 3.60. The van der Waals surface area contributed by atoms with Crippen molar-refractivity contribution in [3.63, 3.8) is 0 Å². The van der Waals surface area contributed by atoms with Gasteiger partial charge in [-0.15, -0.1) is 0 Å². The number of anilines is 1. The highest BCUT2D eigenvalue weighted by Gasteiger charge is 2.19. The van der Waals surface area contributed by atoms with Crippen LogP contribution >= 0.6 is 11.8 Å². The SMILES string of the molecule is CCN(C(=O)Cn1c(SCc2ccc(OC)cc2)nc2ccncc21)c1cccc(C)c1. The number of benzene rings is 2. The number of aryl methyl sites for hydroxylation is 1. The molecule has 2 aromatic heterocycles. The highest BCUT2D eigenvalue weighted by Crippen LogP contribution is 2.28. The van der Waals surface area contributed by atoms with Gasteiger partial charge in [0.15, 0.2) is 5.16 Å². The van der Waals surface area contributed by atoms with Crippen LogP contribution in [-0.2, 0) is 17.1 Å². The quantitative estimate of drug-likeness (QED) is 0.353. The van der Waals surface area contributed by atoms with E-state index in [0.29, 0.717) is 6.54 Å². The van der Waals surface area contributed by atoms with Gasteiger partial charge >= 0.3 is 0 Å². The van der Waals surface area contributed by atoms with E-state index in [2.05, 4.69) is 4.98 Å². The number of hydrogen-bond acceptors (Lipinski definition) is 5. The van der Waals surface area contributed by atoms with Crippen molar-refractivity contribution in [1.82, 2.24) is 14.5 Å². The van der Waals surface area contributed by atoms with Crippen LogP contribution in [0.5, 0.6) is 5.75 Å². The molecular formula is C25H26N4O2S. The molecule has 6 nitrogen and oxygen atoms in total. The van der Waals surface area contributed by atoms with Crippen LogP contribution in [0.25, 0.3) is 11.0 Å². The number of likely N-dealkylation sites (N-methyl/N-ethyl adjacent to an activating group) is 1. The Morgan fingerprint density at radius 1 is 1.16 bits per heavy atom. The van der Waals surface area contributed by atoms with Gasteiger partial charge < -0.3 is 14.2 Å². The summed E-state index contributed by atoms with van der Waals surface area (Å²) in [6.45, 7) is 4.83. The second-order valence-electron chi connectivity index (χ2n) is 7.46. The van der Waals surface area contributed by atoms with Crippen LogP contribution < -0.4 is 9.64 Å². The molecular weight excluding hydrogens is 420 g/mol. The average Bonchev–Trinajstić information content (AvgIpc) is 3.16. The molecule has 4 rings (SSSR count). The number of rotatable bonds is 8. The van der Waals surface area contributed by atoms with Crippen molar-refractivity contribution in [2.75, 3.05) is 18.6 Å². The van der Waals surface area contributed by atoms with E-state index in [0.717, 1.165) is 44.5 Å². The second-order valence-corrected chi connectivity index (χ2v) is 8.40. The molecule has 1 amide bonds. The minimum Gasteiger partial charge on any atom is -0.497 e. The second kappa shape index (κ2) is 9.87. The molecule has 0 N–H and O–H groups in total. The Morgan fingerprint density at radius 3 is 2.69 bits per heavy atom. The molecule has 0 aliphatic rings. The number of thioether (sulfide) groups is 1. The van der Waals surface area contributed by atoms with E-state index in [9.17, 15) is 4.79 Å². The molecule has 0 aliphatic heterocycles. The van der Waals surface area contributed by atoms with E-state index in [-0.39, 0.29) is 12.5 Å². The Morgan fingerprint density at radius 2 is 1.97 bits per heavy atom. The number of aromatic nitrogens is 3. The summed E-state index contributed by atoms with van der Waals surface area (Å²) in [6.07, 6.45) is 3.50. The summed E-state index contributed by atoms with van der Waals surface area (Å²) in [7, 11) is 1.66. The highest BCUT2D eigenvalue weighted by molar-refractivity contribution is 7.98. The predicted octanol–water partition coefficient (Wildman–Crippen LogP) is 5.09. The fraction of sp³-hybridized carbons (Fsp3) is 0.240. The lowest BCUT2D eigenvalue weighted by molar-refractivity contribution is -0.119. The first-order valence-corrected chi connectivity index (χ1v) is 11.5. The number of methoxy groups -OCH3 is 1. The molecule has 0 unspecified atom stereocenters. The monoisotopic (exact) mass is 446 g/mol. The first-order valence-electron chi connectivity index (χ1n) is 10.5. The van der Waals surface area contributed by atoms with E-state index in [1.165, 1.54) is 0 Å². The van der Waals surface area contributed by atoms with Gasteiger partial charge in [-0.1, -0.05) is 36.0 Å². The van der Waals surface area contributed by atoms with Crippen LogP contribution in [0.15, 0.2) is 72.1 Å². The summed E-state index contributed by atoms with van der Waals surface area (Å²) in [5, 5.41) is 0.803. The Balaban J connectivity index is 1.59. The number of fused-ring (bicyclic) bond motifs is 1. The number of carbonyl (C=O) groups is 1. The van der Waals surface area contributed by atoms with Gasteiger partial charge in [0.1, 0.15) is 12.3 Å². The fourth-order valence-corrected chi connectivity index (χ4v) is 4.57. The maximum atomic E-state index is 13.3. The summed E-state index contributed by atoms with van der Waals surface area (Å²) >= 11 is 1.61. The zero-order valence-electron chi connectivity index (χ0n) is 18.5. The first kappa shape index (κ1) is 21.9. The summed E-state index contributed by atoms with van der Waals surface area (Å²) in [5.41, 5.74) is 4.89. The third kappa shape index (κ3) is 4.78. The molecule has 0 fully saturated rings. The Labute approximate surface area is 192 Å². The van der Waals surface area contributed by atoms with Crippen LogP contribution in [0.1, 0.15) is 18.1 Å². The van der Waals surface area contributed by atoms with E-state index in [1.54, 1.807) is 31.3 Å². The smallest absolute Gasteiger partial charge is 0.247 e. The Kier molecular flexibility index (Phi) is 6.75. The number of amides is 1. The minimum absolute atomic E-state index is 0.0209. The maximum absolute atomic E-state index is 13.3. The highest BCUT2D eigenvalue weighted by atomic mass is 32.2. The van der Waals surface area contributed by atoms with Gasteiger partial charge in [0.25, 0.3) is 0 Å². The van der Waals surface area contributed by atoms with E-state index in [1.807, 2.05) is 77.9 Å². The molecule has 0 saturated carbocycles. The third-order valence-electron chi connectivity index (χ3n) is 5.27. The average molecular weight is 447 g/mol. The molecule has 0 saturated heterocycles. The van der Waals surface area contributed by atoms with Crippen LogP contribution in [-0.4, -0.2) is 34.1 Å². The van der Waals surface area contributed by atoms with Gasteiger partial charge in [-0.2, -0.15) is 0 Å². The molecule has 0 atom stereocenters. The molecule has 0 aliphatic carbocycles. The molecule has 32 heavy (non-hydrogen) atoms. The van der Waals surface area contributed by atoms with Crippen molar-refractivity contribution in [2.45, 2.75) is 31.3 Å². The molecule has 2 aromatic carbocycles. The molecule has 4 aromatic rings. The van der Waals surface area contributed by atoms with Crippen LogP contribution in [0.3, 0.4) is 0 Å². The summed E-state index contributed by atoms with van der Waals surface area (Å²) < 4.78 is 7.21. The Hall–Kier alpha value is -3.32. The predicted molar refractivity (Wildman–Crippen MR) is 129 cm³/mol. The normalized spacial score (nSPS) is 11.0. The van der Waals surface area contributed by atoms with Crippen molar-refractivity contribution >= 4 is 34.4 Å². The van der Waals surface area contributed by atoms with E-state index in [4.69, 9.17) is 9.72 Å². The van der Waals surface area contributed by atoms with Gasteiger partial charge in [-0.05, 0) is 55.3 Å². The lowest BCUT2D eigenvalue weighted by atomic mass is 10.2. The van der Waals surface area contributed by atoms with Crippen LogP contribution in [0, 0.1) is 6.92 Å². The van der Waals surface area contributed by atoms with Crippen molar-refractivity contribution in [1.29, 1.82) is 0 Å². The zero-order chi connectivity index (χ0) is 22.5. The van der Waals surface area contributed by atoms with Gasteiger partial charge in [-0.3, -0.25) is 9.78 Å². The number of nitrogens with zero attached hydrogens (tertiary/aromatic N) is 4. The van der Waals surface area contributed by atoms with Crippen molar-refractivity contribution < 1.29 is 9.53 Å². The number of hydrogen-bond donors (Lipinski definition) is 0. The Bertz CT molecular complexity index is 1220. The number of pyridine rings is 1. The zero-order valence-corrected chi connectivity index (χ0v) is 19.3. The van der Waals surface area contributed by atoms with Gasteiger partial charge in [0.2, 0.25) is 5.91 Å². The molecule has 164 valence electrons. The van der Waals surface area contributed by atoms with E-state index < -0.39 is 0 Å². The number of ether oxygens (including phenoxy) is 1. The lowest BCUT2D eigenvalue weighted by Gasteiger charge is -2.22. The summed E-state index contributed by atoms with van der Waals surface area (Å²) in [6, 6.07) is 17.9. The van der Waals surface area contributed by atoms with Crippen molar-refractivity contribution in [2.24, 2.45) is 0 Å². The summed E-state index contributed by atoms with van der Waals surface area (Å²) in [5.74, 6) is 1.59. The minimum atomic E-state index is 0.0209. The molecule has 2 heterocycles. The number of imidazole rings is 1. The van der Waals surface area contributed by atoms with Gasteiger partial charge in [0, 0.05) is 24.2 Å². The summed E-state index contributed by atoms with van der Waals surface area (Å²) in [4.78, 5) is 24.2. The first-order chi connectivity index (χ1) is 15.6. The topological polar surface area (TPSA) is 60.2 Å². The molecule has 7 heteroatoms. The number of carbonyl (C=O) groups excluding carboxylic acids is 1. The van der Waals surface area contributed by atoms with Gasteiger partial charge in [-0.25, -0.2) is 4.98 Å². The van der Waals surface area contributed by atoms with Crippen molar-refractivity contribution in [3.05, 3.63) is 78.1 Å². The lowest BCUT2D eigenvalue weighted by Crippen LogP contribution is -2.33. The molecule has 0 bridgehead atoms. The maximum Gasteiger partial charge on any atom is 0.247 e. The third-order valence-corrected chi connectivity index (χ3v) is 6.31. The van der Waals surface area contributed by atoms with Gasteiger partial charge in [0.05, 0.1) is 24.3 Å². The van der Waals surface area contributed by atoms with Crippen molar-refractivity contribution in [3.8, 4) is 5.75 Å². The van der Waals surface area contributed by atoms with E-state index >= 15 is 0 Å². The molecule has 0 radical (unpaired) electrons. The standard InChI is InChI=1S/C25H26N4O2S/c1-4-28(20-7-5-6-18(2)14-20)24(30)16-29-23-15-26-13-12-22(23)27-25(29)32-17-19-8-10-21(31-3)11-9-19/h5-15H,4,16-17H2,1-3H3.